The average Bonchev–Trinajstić information content (AvgIpc) is 2.38. The maximum absolute atomic E-state index is 13.7. The van der Waals surface area contributed by atoms with E-state index in [-0.39, 0.29) is 17.4 Å². The third-order valence-corrected chi connectivity index (χ3v) is 3.30. The summed E-state index contributed by atoms with van der Waals surface area (Å²) >= 11 is 0. The van der Waals surface area contributed by atoms with Crippen molar-refractivity contribution in [1.82, 2.24) is 5.32 Å². The van der Waals surface area contributed by atoms with Crippen LogP contribution in [0.3, 0.4) is 0 Å². The molecule has 0 saturated carbocycles. The minimum atomic E-state index is -0.562. The van der Waals surface area contributed by atoms with Crippen LogP contribution in [0.4, 0.5) is 8.78 Å². The van der Waals surface area contributed by atoms with Crippen molar-refractivity contribution in [2.75, 3.05) is 0 Å². The van der Waals surface area contributed by atoms with E-state index in [9.17, 15) is 13.9 Å². The first-order valence-corrected chi connectivity index (χ1v) is 6.48. The molecule has 2 aromatic carbocycles. The minimum absolute atomic E-state index is 0.0273. The second-order valence-corrected chi connectivity index (χ2v) is 4.84. The number of halogens is 2. The molecule has 0 aromatic heterocycles. The fraction of sp³-hybridized carbons (Fsp3) is 0.250. The predicted octanol–water partition coefficient (Wildman–Crippen LogP) is 4.08. The molecule has 2 N–H and O–H groups in total. The molecule has 20 heavy (non-hydrogen) atoms. The zero-order chi connectivity index (χ0) is 14.7. The van der Waals surface area contributed by atoms with Gasteiger partial charge >= 0.3 is 0 Å². The normalized spacial score (nSPS) is 14.0. The highest BCUT2D eigenvalue weighted by atomic mass is 19.1. The van der Waals surface area contributed by atoms with Gasteiger partial charge in [-0.25, -0.2) is 8.78 Å². The third kappa shape index (κ3) is 3.14. The van der Waals surface area contributed by atoms with Crippen molar-refractivity contribution >= 4 is 0 Å². The van der Waals surface area contributed by atoms with Gasteiger partial charge < -0.3 is 10.4 Å². The van der Waals surface area contributed by atoms with Crippen LogP contribution in [-0.4, -0.2) is 5.11 Å². The van der Waals surface area contributed by atoms with E-state index in [2.05, 4.69) is 5.32 Å². The Morgan fingerprint density at radius 3 is 2.15 bits per heavy atom. The topological polar surface area (TPSA) is 32.3 Å². The molecule has 2 atom stereocenters. The van der Waals surface area contributed by atoms with Crippen LogP contribution in [0.5, 0.6) is 5.75 Å². The van der Waals surface area contributed by atoms with Gasteiger partial charge in [0.25, 0.3) is 0 Å². The second-order valence-electron chi connectivity index (χ2n) is 4.84. The van der Waals surface area contributed by atoms with Crippen LogP contribution in [0.25, 0.3) is 0 Å². The van der Waals surface area contributed by atoms with E-state index in [1.54, 1.807) is 25.1 Å². The maximum atomic E-state index is 13.7. The summed E-state index contributed by atoms with van der Waals surface area (Å²) in [4.78, 5) is 0. The molecule has 0 aliphatic carbocycles. The SMILES string of the molecule is CC(NC(C)c1c(F)cccc1F)c1cccc(O)c1. The molecule has 4 heteroatoms. The summed E-state index contributed by atoms with van der Waals surface area (Å²) in [5.41, 5.74) is 0.883. The van der Waals surface area contributed by atoms with E-state index in [0.29, 0.717) is 0 Å². The van der Waals surface area contributed by atoms with E-state index in [1.165, 1.54) is 18.2 Å². The first-order chi connectivity index (χ1) is 9.49. The minimum Gasteiger partial charge on any atom is -0.508 e. The molecule has 0 fully saturated rings. The third-order valence-electron chi connectivity index (χ3n) is 3.30. The van der Waals surface area contributed by atoms with Crippen molar-refractivity contribution in [2.45, 2.75) is 25.9 Å². The quantitative estimate of drug-likeness (QED) is 0.882. The maximum Gasteiger partial charge on any atom is 0.130 e. The van der Waals surface area contributed by atoms with Gasteiger partial charge in [-0.05, 0) is 43.7 Å². The van der Waals surface area contributed by atoms with Gasteiger partial charge in [-0.2, -0.15) is 0 Å². The fourth-order valence-electron chi connectivity index (χ4n) is 2.27. The summed E-state index contributed by atoms with van der Waals surface area (Å²) in [6, 6.07) is 10.0. The van der Waals surface area contributed by atoms with Crippen molar-refractivity contribution in [1.29, 1.82) is 0 Å². The Kier molecular flexibility index (Phi) is 4.35. The van der Waals surface area contributed by atoms with Crippen LogP contribution < -0.4 is 5.32 Å². The zero-order valence-electron chi connectivity index (χ0n) is 11.4. The number of phenolic OH excluding ortho intramolecular Hbond substituents is 1. The number of hydrogen-bond donors (Lipinski definition) is 2. The molecular weight excluding hydrogens is 260 g/mol. The number of aromatic hydroxyl groups is 1. The molecule has 106 valence electrons. The summed E-state index contributed by atoms with van der Waals surface area (Å²) in [5.74, 6) is -0.956. The Balaban J connectivity index is 2.17. The van der Waals surface area contributed by atoms with Crippen LogP contribution in [0.2, 0.25) is 0 Å². The van der Waals surface area contributed by atoms with Crippen LogP contribution in [-0.2, 0) is 0 Å². The highest BCUT2D eigenvalue weighted by Gasteiger charge is 2.18. The lowest BCUT2D eigenvalue weighted by Crippen LogP contribution is -2.24. The van der Waals surface area contributed by atoms with Gasteiger partial charge in [-0.15, -0.1) is 0 Å². The highest BCUT2D eigenvalue weighted by molar-refractivity contribution is 5.30. The van der Waals surface area contributed by atoms with Crippen LogP contribution >= 0.6 is 0 Å². The van der Waals surface area contributed by atoms with Crippen molar-refractivity contribution < 1.29 is 13.9 Å². The summed E-state index contributed by atoms with van der Waals surface area (Å²) in [6.45, 7) is 3.59. The molecule has 0 aliphatic rings. The van der Waals surface area contributed by atoms with Crippen molar-refractivity contribution in [3.8, 4) is 5.75 Å². The first-order valence-electron chi connectivity index (χ1n) is 6.48. The van der Waals surface area contributed by atoms with Gasteiger partial charge in [0.2, 0.25) is 0 Å². The Morgan fingerprint density at radius 2 is 1.55 bits per heavy atom. The van der Waals surface area contributed by atoms with Gasteiger partial charge in [0, 0.05) is 17.6 Å². The monoisotopic (exact) mass is 277 g/mol. The Labute approximate surface area is 117 Å². The molecule has 0 amide bonds. The standard InChI is InChI=1S/C16H17F2NO/c1-10(12-5-3-6-13(20)9-12)19-11(2)16-14(17)7-4-8-15(16)18/h3-11,19-20H,1-2H3. The van der Waals surface area contributed by atoms with E-state index < -0.39 is 17.7 Å². The lowest BCUT2D eigenvalue weighted by atomic mass is 10.0. The number of phenols is 1. The number of nitrogens with one attached hydrogen (secondary N) is 1. The van der Waals surface area contributed by atoms with E-state index in [1.807, 2.05) is 13.0 Å². The Hall–Kier alpha value is -1.94. The van der Waals surface area contributed by atoms with Crippen molar-refractivity contribution in [3.05, 3.63) is 65.2 Å². The van der Waals surface area contributed by atoms with Crippen molar-refractivity contribution in [3.63, 3.8) is 0 Å². The largest absolute Gasteiger partial charge is 0.508 e. The molecule has 2 aromatic rings. The van der Waals surface area contributed by atoms with E-state index >= 15 is 0 Å². The molecule has 0 aliphatic heterocycles. The summed E-state index contributed by atoms with van der Waals surface area (Å²) in [6.07, 6.45) is 0. The predicted molar refractivity (Wildman–Crippen MR) is 74.4 cm³/mol. The lowest BCUT2D eigenvalue weighted by molar-refractivity contribution is 0.445. The number of rotatable bonds is 4. The molecule has 2 nitrogen and oxygen atoms in total. The van der Waals surface area contributed by atoms with Gasteiger partial charge in [0.1, 0.15) is 17.4 Å². The molecular formula is C16H17F2NO. The molecule has 0 saturated heterocycles. The molecule has 0 radical (unpaired) electrons. The first kappa shape index (κ1) is 14.5. The molecule has 2 unspecified atom stereocenters. The van der Waals surface area contributed by atoms with E-state index in [0.717, 1.165) is 5.56 Å². The number of benzene rings is 2. The smallest absolute Gasteiger partial charge is 0.130 e. The van der Waals surface area contributed by atoms with Crippen LogP contribution in [0, 0.1) is 11.6 Å². The van der Waals surface area contributed by atoms with Gasteiger partial charge in [-0.1, -0.05) is 18.2 Å². The summed E-state index contributed by atoms with van der Waals surface area (Å²) < 4.78 is 27.4. The van der Waals surface area contributed by atoms with Gasteiger partial charge in [0.05, 0.1) is 0 Å². The molecule has 0 spiro atoms. The summed E-state index contributed by atoms with van der Waals surface area (Å²) in [5, 5.41) is 12.6. The lowest BCUT2D eigenvalue weighted by Gasteiger charge is -2.21. The number of hydrogen-bond acceptors (Lipinski definition) is 2. The Bertz CT molecular complexity index is 581. The van der Waals surface area contributed by atoms with Gasteiger partial charge in [-0.3, -0.25) is 0 Å². The summed E-state index contributed by atoms with van der Waals surface area (Å²) in [7, 11) is 0. The van der Waals surface area contributed by atoms with Gasteiger partial charge in [0.15, 0.2) is 0 Å². The van der Waals surface area contributed by atoms with Crippen LogP contribution in [0.15, 0.2) is 42.5 Å². The Morgan fingerprint density at radius 1 is 0.950 bits per heavy atom. The zero-order valence-corrected chi connectivity index (χ0v) is 11.4. The average molecular weight is 277 g/mol. The highest BCUT2D eigenvalue weighted by Crippen LogP contribution is 2.25. The molecule has 0 bridgehead atoms. The fourth-order valence-corrected chi connectivity index (χ4v) is 2.27. The molecule has 2 rings (SSSR count). The second kappa shape index (κ2) is 6.01. The van der Waals surface area contributed by atoms with Crippen molar-refractivity contribution in [2.24, 2.45) is 0 Å². The van der Waals surface area contributed by atoms with E-state index in [4.69, 9.17) is 0 Å². The van der Waals surface area contributed by atoms with Crippen LogP contribution in [0.1, 0.15) is 37.1 Å². The molecule has 0 heterocycles.